The average molecular weight is 263 g/mol. The molecule has 4 nitrogen and oxygen atoms in total. The highest BCUT2D eigenvalue weighted by Gasteiger charge is 2.24. The Morgan fingerprint density at radius 2 is 1.68 bits per heavy atom. The maximum atomic E-state index is 12.0. The Labute approximate surface area is 114 Å². The number of methoxy groups -OCH3 is 1. The molecule has 0 radical (unpaired) electrons. The summed E-state index contributed by atoms with van der Waals surface area (Å²) in [6, 6.07) is 7.07. The lowest BCUT2D eigenvalue weighted by molar-refractivity contribution is -0.138. The smallest absolute Gasteiger partial charge is 0.337 e. The summed E-state index contributed by atoms with van der Waals surface area (Å²) in [5, 5.41) is 0. The molecule has 1 rings (SSSR count). The van der Waals surface area contributed by atoms with Crippen molar-refractivity contribution in [3.8, 4) is 0 Å². The molecule has 0 aliphatic heterocycles. The second-order valence-corrected chi connectivity index (χ2v) is 5.60. The van der Waals surface area contributed by atoms with Gasteiger partial charge in [0.25, 0.3) is 0 Å². The van der Waals surface area contributed by atoms with Crippen LogP contribution < -0.4 is 0 Å². The molecule has 1 amide bonds. The van der Waals surface area contributed by atoms with Crippen LogP contribution in [0.1, 0.15) is 36.7 Å². The van der Waals surface area contributed by atoms with Gasteiger partial charge in [-0.1, -0.05) is 32.9 Å². The van der Waals surface area contributed by atoms with Gasteiger partial charge < -0.3 is 9.64 Å². The van der Waals surface area contributed by atoms with Gasteiger partial charge in [-0.2, -0.15) is 0 Å². The molecule has 4 heteroatoms. The topological polar surface area (TPSA) is 46.6 Å². The van der Waals surface area contributed by atoms with E-state index in [0.717, 1.165) is 5.56 Å². The molecule has 1 aromatic rings. The van der Waals surface area contributed by atoms with Crippen LogP contribution in [0.3, 0.4) is 0 Å². The second-order valence-electron chi connectivity index (χ2n) is 5.60. The average Bonchev–Trinajstić information content (AvgIpc) is 2.36. The number of nitrogens with zero attached hydrogens (tertiary/aromatic N) is 1. The highest BCUT2D eigenvalue weighted by atomic mass is 16.5. The third-order valence-corrected chi connectivity index (χ3v) is 2.78. The van der Waals surface area contributed by atoms with E-state index in [1.54, 1.807) is 24.1 Å². The summed E-state index contributed by atoms with van der Waals surface area (Å²) in [6.07, 6.45) is 0. The lowest BCUT2D eigenvalue weighted by atomic mass is 9.95. The molecule has 0 aromatic heterocycles. The molecule has 0 unspecified atom stereocenters. The monoisotopic (exact) mass is 263 g/mol. The quantitative estimate of drug-likeness (QED) is 0.787. The Bertz CT molecular complexity index is 457. The van der Waals surface area contributed by atoms with Crippen LogP contribution in [-0.2, 0) is 16.1 Å². The number of ether oxygens (including phenoxy) is 1. The van der Waals surface area contributed by atoms with E-state index in [0.29, 0.717) is 12.1 Å². The molecule has 104 valence electrons. The molecule has 0 bridgehead atoms. The molecule has 0 saturated heterocycles. The van der Waals surface area contributed by atoms with Gasteiger partial charge in [0.1, 0.15) is 0 Å². The van der Waals surface area contributed by atoms with E-state index in [4.69, 9.17) is 0 Å². The summed E-state index contributed by atoms with van der Waals surface area (Å²) in [4.78, 5) is 25.0. The largest absolute Gasteiger partial charge is 0.465 e. The molecule has 0 atom stereocenters. The molecular weight excluding hydrogens is 242 g/mol. The maximum absolute atomic E-state index is 12.0. The van der Waals surface area contributed by atoms with E-state index in [-0.39, 0.29) is 17.3 Å². The van der Waals surface area contributed by atoms with Gasteiger partial charge in [0.05, 0.1) is 12.7 Å². The number of benzene rings is 1. The van der Waals surface area contributed by atoms with Crippen LogP contribution in [-0.4, -0.2) is 30.9 Å². The van der Waals surface area contributed by atoms with Gasteiger partial charge in [0.2, 0.25) is 5.91 Å². The first-order valence-electron chi connectivity index (χ1n) is 6.18. The molecule has 0 saturated carbocycles. The van der Waals surface area contributed by atoms with Gasteiger partial charge in [0, 0.05) is 19.0 Å². The minimum atomic E-state index is -0.388. The van der Waals surface area contributed by atoms with E-state index < -0.39 is 0 Å². The number of carbonyl (C=O) groups excluding carboxylic acids is 2. The molecular formula is C15H21NO3. The standard InChI is InChI=1S/C15H21NO3/c1-15(2,3)14(18)16(4)10-11-6-8-12(9-7-11)13(17)19-5/h6-9H,10H2,1-5H3. The SMILES string of the molecule is COC(=O)c1ccc(CN(C)C(=O)C(C)(C)C)cc1. The van der Waals surface area contributed by atoms with Crippen LogP contribution >= 0.6 is 0 Å². The van der Waals surface area contributed by atoms with Gasteiger partial charge in [0.15, 0.2) is 0 Å². The number of esters is 1. The van der Waals surface area contributed by atoms with E-state index >= 15 is 0 Å². The van der Waals surface area contributed by atoms with Crippen molar-refractivity contribution in [2.24, 2.45) is 5.41 Å². The van der Waals surface area contributed by atoms with Crippen molar-refractivity contribution in [1.29, 1.82) is 0 Å². The molecule has 0 fully saturated rings. The first-order valence-corrected chi connectivity index (χ1v) is 6.18. The van der Waals surface area contributed by atoms with Gasteiger partial charge in [-0.25, -0.2) is 4.79 Å². The van der Waals surface area contributed by atoms with Crippen molar-refractivity contribution >= 4 is 11.9 Å². The molecule has 0 aliphatic carbocycles. The third-order valence-electron chi connectivity index (χ3n) is 2.78. The van der Waals surface area contributed by atoms with Crippen molar-refractivity contribution in [3.63, 3.8) is 0 Å². The summed E-state index contributed by atoms with van der Waals surface area (Å²) in [7, 11) is 3.13. The van der Waals surface area contributed by atoms with E-state index in [1.807, 2.05) is 32.9 Å². The van der Waals surface area contributed by atoms with Crippen molar-refractivity contribution in [3.05, 3.63) is 35.4 Å². The van der Waals surface area contributed by atoms with E-state index in [2.05, 4.69) is 4.74 Å². The minimum absolute atomic E-state index is 0.0875. The molecule has 1 aromatic carbocycles. The normalized spacial score (nSPS) is 11.0. The molecule has 0 N–H and O–H groups in total. The van der Waals surface area contributed by atoms with Crippen molar-refractivity contribution in [2.45, 2.75) is 27.3 Å². The Balaban J connectivity index is 2.73. The highest BCUT2D eigenvalue weighted by molar-refractivity contribution is 5.89. The Morgan fingerprint density at radius 3 is 2.11 bits per heavy atom. The molecule has 0 aliphatic rings. The molecule has 0 spiro atoms. The van der Waals surface area contributed by atoms with Crippen molar-refractivity contribution < 1.29 is 14.3 Å². The molecule has 19 heavy (non-hydrogen) atoms. The van der Waals surface area contributed by atoms with Crippen molar-refractivity contribution in [1.82, 2.24) is 4.90 Å². The van der Waals surface area contributed by atoms with Crippen LogP contribution in [0.2, 0.25) is 0 Å². The van der Waals surface area contributed by atoms with Gasteiger partial charge in [-0.3, -0.25) is 4.79 Å². The zero-order valence-corrected chi connectivity index (χ0v) is 12.2. The summed E-state index contributed by atoms with van der Waals surface area (Å²) in [6.45, 7) is 6.21. The lowest BCUT2D eigenvalue weighted by Crippen LogP contribution is -2.36. The van der Waals surface area contributed by atoms with Gasteiger partial charge >= 0.3 is 5.97 Å². The first kappa shape index (κ1) is 15.2. The predicted octanol–water partition coefficient (Wildman–Crippen LogP) is 2.48. The van der Waals surface area contributed by atoms with Crippen LogP contribution in [0.15, 0.2) is 24.3 Å². The summed E-state index contributed by atoms with van der Waals surface area (Å²) in [5.74, 6) is -0.268. The van der Waals surface area contributed by atoms with Crippen LogP contribution in [0.25, 0.3) is 0 Å². The predicted molar refractivity (Wildman–Crippen MR) is 73.7 cm³/mol. The van der Waals surface area contributed by atoms with E-state index in [9.17, 15) is 9.59 Å². The van der Waals surface area contributed by atoms with Crippen LogP contribution in [0, 0.1) is 5.41 Å². The summed E-state index contributed by atoms with van der Waals surface area (Å²) >= 11 is 0. The Hall–Kier alpha value is -1.84. The Kier molecular flexibility index (Phi) is 4.70. The maximum Gasteiger partial charge on any atom is 0.337 e. The lowest BCUT2D eigenvalue weighted by Gasteiger charge is -2.26. The highest BCUT2D eigenvalue weighted by Crippen LogP contribution is 2.18. The number of hydrogen-bond acceptors (Lipinski definition) is 3. The fraction of sp³-hybridized carbons (Fsp3) is 0.467. The fourth-order valence-electron chi connectivity index (χ4n) is 1.78. The first-order chi connectivity index (χ1) is 8.75. The zero-order valence-electron chi connectivity index (χ0n) is 12.2. The Morgan fingerprint density at radius 1 is 1.16 bits per heavy atom. The van der Waals surface area contributed by atoms with Crippen molar-refractivity contribution in [2.75, 3.05) is 14.2 Å². The third kappa shape index (κ3) is 4.09. The fourth-order valence-corrected chi connectivity index (χ4v) is 1.78. The van der Waals surface area contributed by atoms with Gasteiger partial charge in [-0.15, -0.1) is 0 Å². The number of carbonyl (C=O) groups is 2. The number of amides is 1. The number of hydrogen-bond donors (Lipinski definition) is 0. The minimum Gasteiger partial charge on any atom is -0.465 e. The second kappa shape index (κ2) is 5.87. The van der Waals surface area contributed by atoms with Crippen LogP contribution in [0.5, 0.6) is 0 Å². The van der Waals surface area contributed by atoms with Gasteiger partial charge in [-0.05, 0) is 17.7 Å². The van der Waals surface area contributed by atoms with E-state index in [1.165, 1.54) is 7.11 Å². The van der Waals surface area contributed by atoms with Crippen LogP contribution in [0.4, 0.5) is 0 Å². The zero-order chi connectivity index (χ0) is 14.6. The summed E-state index contributed by atoms with van der Waals surface area (Å²) in [5.41, 5.74) is 1.10. The molecule has 0 heterocycles. The summed E-state index contributed by atoms with van der Waals surface area (Å²) < 4.78 is 4.64. The number of rotatable bonds is 3.